The zero-order valence-corrected chi connectivity index (χ0v) is 15.1. The molecule has 0 aliphatic rings. The van der Waals surface area contributed by atoms with Gasteiger partial charge in [0.15, 0.2) is 35.3 Å². The second-order valence-electron chi connectivity index (χ2n) is 6.38. The molecule has 0 amide bonds. The lowest BCUT2D eigenvalue weighted by molar-refractivity contribution is -0.678. The molecule has 26 heavy (non-hydrogen) atoms. The van der Waals surface area contributed by atoms with Gasteiger partial charge in [0.2, 0.25) is 0 Å². The predicted octanol–water partition coefficient (Wildman–Crippen LogP) is 2.19. The quantitative estimate of drug-likeness (QED) is 0.507. The maximum atomic E-state index is 12.5. The first-order valence-electron chi connectivity index (χ1n) is 8.58. The molecule has 0 bridgehead atoms. The Balaban J connectivity index is 1.70. The van der Waals surface area contributed by atoms with Crippen molar-refractivity contribution in [3.63, 3.8) is 0 Å². The number of aromatic nitrogens is 2. The lowest BCUT2D eigenvalue weighted by atomic mass is 10.0. The molecule has 0 fully saturated rings. The van der Waals surface area contributed by atoms with Crippen molar-refractivity contribution in [2.24, 2.45) is 14.1 Å². The molecule has 4 nitrogen and oxygen atoms in total. The van der Waals surface area contributed by atoms with Crippen molar-refractivity contribution in [1.82, 2.24) is 0 Å². The van der Waals surface area contributed by atoms with Gasteiger partial charge in [-0.05, 0) is 0 Å². The third-order valence-corrected chi connectivity index (χ3v) is 4.54. The van der Waals surface area contributed by atoms with E-state index in [2.05, 4.69) is 0 Å². The third-order valence-electron chi connectivity index (χ3n) is 4.54. The van der Waals surface area contributed by atoms with E-state index in [0.717, 1.165) is 11.4 Å². The molecule has 0 N–H and O–H groups in total. The zero-order chi connectivity index (χ0) is 18.5. The van der Waals surface area contributed by atoms with Crippen molar-refractivity contribution in [2.45, 2.75) is 12.8 Å². The van der Waals surface area contributed by atoms with Gasteiger partial charge in [-0.3, -0.25) is 9.59 Å². The van der Waals surface area contributed by atoms with Crippen LogP contribution in [0.3, 0.4) is 0 Å². The van der Waals surface area contributed by atoms with E-state index in [1.807, 2.05) is 72.0 Å². The number of benzene rings is 1. The molecule has 0 radical (unpaired) electrons. The van der Waals surface area contributed by atoms with Crippen LogP contribution in [0.5, 0.6) is 0 Å². The number of carbonyl (C=O) groups is 2. The number of ketones is 2. The van der Waals surface area contributed by atoms with Crippen molar-refractivity contribution in [3.8, 4) is 0 Å². The van der Waals surface area contributed by atoms with Gasteiger partial charge in [-0.15, -0.1) is 0 Å². The lowest BCUT2D eigenvalue weighted by Crippen LogP contribution is -2.34. The van der Waals surface area contributed by atoms with Crippen LogP contribution in [0, 0.1) is 0 Å². The number of rotatable bonds is 6. The summed E-state index contributed by atoms with van der Waals surface area (Å²) in [7, 11) is 3.85. The Labute approximate surface area is 153 Å². The van der Waals surface area contributed by atoms with E-state index in [0.29, 0.717) is 24.0 Å². The summed E-state index contributed by atoms with van der Waals surface area (Å²) in [5.74, 6) is 0.0838. The summed E-state index contributed by atoms with van der Waals surface area (Å²) in [6.07, 6.45) is 4.52. The van der Waals surface area contributed by atoms with Gasteiger partial charge < -0.3 is 0 Å². The highest BCUT2D eigenvalue weighted by Gasteiger charge is 2.16. The fourth-order valence-electron chi connectivity index (χ4n) is 2.86. The van der Waals surface area contributed by atoms with Crippen molar-refractivity contribution < 1.29 is 18.7 Å². The Bertz CT molecular complexity index is 868. The van der Waals surface area contributed by atoms with Crippen LogP contribution in [-0.2, 0) is 26.9 Å². The molecule has 2 heterocycles. The number of hydrogen-bond acceptors (Lipinski definition) is 2. The normalized spacial score (nSPS) is 10.5. The second-order valence-corrected chi connectivity index (χ2v) is 6.38. The molecule has 3 aromatic rings. The molecule has 0 atom stereocenters. The highest BCUT2D eigenvalue weighted by molar-refractivity contribution is 6.00. The number of nitrogens with zero attached hydrogens (tertiary/aromatic N) is 2. The molecular weight excluding hydrogens is 324 g/mol. The molecule has 0 saturated heterocycles. The SMILES string of the molecule is C[n+]1ccccc1CC(=O)c1ccc(C(=O)Cc2cccc[n+]2C)cc1. The number of pyridine rings is 2. The van der Waals surface area contributed by atoms with Gasteiger partial charge in [-0.25, -0.2) is 9.13 Å². The van der Waals surface area contributed by atoms with Crippen LogP contribution in [0.4, 0.5) is 0 Å². The molecule has 0 aliphatic carbocycles. The lowest BCUT2D eigenvalue weighted by Gasteiger charge is -2.03. The van der Waals surface area contributed by atoms with E-state index >= 15 is 0 Å². The van der Waals surface area contributed by atoms with E-state index in [1.54, 1.807) is 24.3 Å². The fourth-order valence-corrected chi connectivity index (χ4v) is 2.86. The molecule has 4 heteroatoms. The Hall–Kier alpha value is -3.14. The summed E-state index contributed by atoms with van der Waals surface area (Å²) in [4.78, 5) is 25.0. The van der Waals surface area contributed by atoms with E-state index in [4.69, 9.17) is 0 Å². The molecular formula is C22H22N2O2+2. The van der Waals surface area contributed by atoms with Crippen LogP contribution < -0.4 is 9.13 Å². The fraction of sp³-hybridized carbons (Fsp3) is 0.182. The Morgan fingerprint density at radius 2 is 1.04 bits per heavy atom. The smallest absolute Gasteiger partial charge is 0.188 e. The molecule has 0 unspecified atom stereocenters. The maximum Gasteiger partial charge on any atom is 0.188 e. The average molecular weight is 346 g/mol. The standard InChI is InChI=1S/C22H22N2O2/c1-23-13-5-3-7-19(23)15-21(25)17-9-11-18(12-10-17)22(26)16-20-8-4-6-14-24(20)2/h3-14H,15-16H2,1-2H3/q+2. The first kappa shape index (κ1) is 17.7. The predicted molar refractivity (Wildman–Crippen MR) is 97.7 cm³/mol. The van der Waals surface area contributed by atoms with E-state index in [1.165, 1.54) is 0 Å². The maximum absolute atomic E-state index is 12.5. The van der Waals surface area contributed by atoms with Crippen molar-refractivity contribution in [1.29, 1.82) is 0 Å². The molecule has 0 spiro atoms. The summed E-state index contributed by atoms with van der Waals surface area (Å²) >= 11 is 0. The molecule has 2 aromatic heterocycles. The molecule has 3 rings (SSSR count). The van der Waals surface area contributed by atoms with Crippen molar-refractivity contribution in [2.75, 3.05) is 0 Å². The van der Waals surface area contributed by atoms with Crippen LogP contribution in [0.15, 0.2) is 73.1 Å². The minimum atomic E-state index is 0.0419. The third kappa shape index (κ3) is 4.09. The van der Waals surface area contributed by atoms with Gasteiger partial charge in [0.05, 0.1) is 12.8 Å². The van der Waals surface area contributed by atoms with Gasteiger partial charge in [0.25, 0.3) is 0 Å². The molecule has 130 valence electrons. The van der Waals surface area contributed by atoms with Gasteiger partial charge in [-0.2, -0.15) is 0 Å². The Morgan fingerprint density at radius 3 is 1.38 bits per heavy atom. The Morgan fingerprint density at radius 1 is 0.654 bits per heavy atom. The highest BCUT2D eigenvalue weighted by Crippen LogP contribution is 2.10. The first-order valence-corrected chi connectivity index (χ1v) is 8.58. The largest absolute Gasteiger partial charge is 0.294 e. The monoisotopic (exact) mass is 346 g/mol. The topological polar surface area (TPSA) is 41.9 Å². The molecule has 0 saturated carbocycles. The minimum Gasteiger partial charge on any atom is -0.294 e. The van der Waals surface area contributed by atoms with Crippen LogP contribution in [-0.4, -0.2) is 11.6 Å². The van der Waals surface area contributed by atoms with Gasteiger partial charge in [0, 0.05) is 35.4 Å². The Kier molecular flexibility index (Phi) is 5.32. The summed E-state index contributed by atoms with van der Waals surface area (Å²) in [5.41, 5.74) is 3.15. The second kappa shape index (κ2) is 7.83. The van der Waals surface area contributed by atoms with Crippen LogP contribution in [0.2, 0.25) is 0 Å². The summed E-state index contributed by atoms with van der Waals surface area (Å²) in [5, 5.41) is 0. The van der Waals surface area contributed by atoms with Crippen molar-refractivity contribution in [3.05, 3.63) is 95.6 Å². The highest BCUT2D eigenvalue weighted by atomic mass is 16.1. The number of hydrogen-bond donors (Lipinski definition) is 0. The summed E-state index contributed by atoms with van der Waals surface area (Å²) in [6.45, 7) is 0. The van der Waals surface area contributed by atoms with Gasteiger partial charge >= 0.3 is 0 Å². The number of Topliss-reactive ketones (excluding diaryl/α,β-unsaturated/α-hetero) is 2. The number of aryl methyl sites for hydroxylation is 2. The number of carbonyl (C=O) groups excluding carboxylic acids is 2. The molecule has 0 aliphatic heterocycles. The minimum absolute atomic E-state index is 0.0419. The summed E-state index contributed by atoms with van der Waals surface area (Å²) < 4.78 is 3.88. The van der Waals surface area contributed by atoms with Crippen molar-refractivity contribution >= 4 is 11.6 Å². The zero-order valence-electron chi connectivity index (χ0n) is 15.1. The van der Waals surface area contributed by atoms with Gasteiger partial charge in [-0.1, -0.05) is 36.4 Å². The van der Waals surface area contributed by atoms with Crippen LogP contribution in [0.25, 0.3) is 0 Å². The van der Waals surface area contributed by atoms with Gasteiger partial charge in [0.1, 0.15) is 14.1 Å². The van der Waals surface area contributed by atoms with Crippen LogP contribution in [0.1, 0.15) is 32.1 Å². The molecule has 1 aromatic carbocycles. The van der Waals surface area contributed by atoms with E-state index < -0.39 is 0 Å². The van der Waals surface area contributed by atoms with E-state index in [9.17, 15) is 9.59 Å². The first-order chi connectivity index (χ1) is 12.5. The van der Waals surface area contributed by atoms with E-state index in [-0.39, 0.29) is 11.6 Å². The average Bonchev–Trinajstić information content (AvgIpc) is 2.65. The van der Waals surface area contributed by atoms with Crippen LogP contribution >= 0.6 is 0 Å². The summed E-state index contributed by atoms with van der Waals surface area (Å²) in [6, 6.07) is 18.6.